The minimum atomic E-state index is -0.828. The van der Waals surface area contributed by atoms with Gasteiger partial charge in [0.05, 0.1) is 0 Å². The van der Waals surface area contributed by atoms with E-state index in [0.717, 1.165) is 27.6 Å². The molecule has 1 unspecified atom stereocenters. The molecule has 1 aromatic carbocycles. The molecule has 2 N–H and O–H groups in total. The lowest BCUT2D eigenvalue weighted by atomic mass is 10.1. The number of aromatic nitrogens is 1. The Hall–Kier alpha value is -1.66. The first-order valence-corrected chi connectivity index (χ1v) is 7.21. The Morgan fingerprint density at radius 2 is 2.25 bits per heavy atom. The fraction of sp³-hybridized carbons (Fsp3) is 0.286. The van der Waals surface area contributed by atoms with Crippen LogP contribution in [0.3, 0.4) is 0 Å². The van der Waals surface area contributed by atoms with E-state index in [9.17, 15) is 9.90 Å². The SMILES string of the molecule is O=C(O)C1CNCCN1c1nccc2c(Br)cccc12. The fourth-order valence-corrected chi connectivity index (χ4v) is 3.06. The van der Waals surface area contributed by atoms with Crippen molar-refractivity contribution in [3.8, 4) is 0 Å². The van der Waals surface area contributed by atoms with Gasteiger partial charge in [0, 0.05) is 41.1 Å². The van der Waals surface area contributed by atoms with Crippen molar-refractivity contribution in [2.75, 3.05) is 24.5 Å². The minimum Gasteiger partial charge on any atom is -0.480 e. The maximum atomic E-state index is 11.4. The molecule has 20 heavy (non-hydrogen) atoms. The molecule has 1 fully saturated rings. The standard InChI is InChI=1S/C14H14BrN3O2/c15-11-3-1-2-10-9(11)4-5-17-13(10)18-7-6-16-8-12(18)14(19)20/h1-5,12,16H,6-8H2,(H,19,20). The van der Waals surface area contributed by atoms with Crippen molar-refractivity contribution in [1.29, 1.82) is 0 Å². The van der Waals surface area contributed by atoms with E-state index in [-0.39, 0.29) is 0 Å². The molecule has 6 heteroatoms. The number of carboxylic acids is 1. The van der Waals surface area contributed by atoms with Crippen molar-refractivity contribution < 1.29 is 9.90 Å². The first kappa shape index (κ1) is 13.3. The summed E-state index contributed by atoms with van der Waals surface area (Å²) in [5.41, 5.74) is 0. The Bertz CT molecular complexity index is 662. The Morgan fingerprint density at radius 1 is 1.40 bits per heavy atom. The second kappa shape index (κ2) is 5.38. The number of hydrogen-bond acceptors (Lipinski definition) is 4. The summed E-state index contributed by atoms with van der Waals surface area (Å²) in [5, 5.41) is 14.5. The molecule has 1 aliphatic rings. The molecule has 104 valence electrons. The number of hydrogen-bond donors (Lipinski definition) is 2. The Morgan fingerprint density at radius 3 is 3.05 bits per heavy atom. The molecule has 2 aromatic rings. The molecule has 0 saturated carbocycles. The van der Waals surface area contributed by atoms with Gasteiger partial charge < -0.3 is 15.3 Å². The highest BCUT2D eigenvalue weighted by molar-refractivity contribution is 9.10. The number of aliphatic carboxylic acids is 1. The van der Waals surface area contributed by atoms with Gasteiger partial charge in [-0.15, -0.1) is 0 Å². The Labute approximate surface area is 124 Å². The lowest BCUT2D eigenvalue weighted by Gasteiger charge is -2.35. The molecular formula is C14H14BrN3O2. The number of benzene rings is 1. The van der Waals surface area contributed by atoms with Crippen LogP contribution in [0.5, 0.6) is 0 Å². The lowest BCUT2D eigenvalue weighted by molar-refractivity contribution is -0.138. The maximum absolute atomic E-state index is 11.4. The van der Waals surface area contributed by atoms with Gasteiger partial charge in [-0.25, -0.2) is 9.78 Å². The summed E-state index contributed by atoms with van der Waals surface area (Å²) in [6.07, 6.45) is 1.73. The third kappa shape index (κ3) is 2.25. The van der Waals surface area contributed by atoms with E-state index < -0.39 is 12.0 Å². The van der Waals surface area contributed by atoms with Gasteiger partial charge in [-0.3, -0.25) is 0 Å². The number of carbonyl (C=O) groups is 1. The molecule has 0 aliphatic carbocycles. The molecule has 1 saturated heterocycles. The van der Waals surface area contributed by atoms with Crippen LogP contribution in [0.2, 0.25) is 0 Å². The van der Waals surface area contributed by atoms with Gasteiger partial charge in [0.15, 0.2) is 0 Å². The zero-order valence-electron chi connectivity index (χ0n) is 10.7. The summed E-state index contributed by atoms with van der Waals surface area (Å²) >= 11 is 3.52. The van der Waals surface area contributed by atoms with Crippen molar-refractivity contribution in [1.82, 2.24) is 10.3 Å². The van der Waals surface area contributed by atoms with Crippen LogP contribution in [0.25, 0.3) is 10.8 Å². The summed E-state index contributed by atoms with van der Waals surface area (Å²) in [6, 6.07) is 7.24. The fourth-order valence-electron chi connectivity index (χ4n) is 2.56. The second-order valence-electron chi connectivity index (χ2n) is 4.72. The molecule has 1 atom stereocenters. The van der Waals surface area contributed by atoms with Crippen LogP contribution in [0.15, 0.2) is 34.9 Å². The predicted octanol–water partition coefficient (Wildman–Crippen LogP) is 1.86. The molecule has 0 bridgehead atoms. The summed E-state index contributed by atoms with van der Waals surface area (Å²) in [4.78, 5) is 17.7. The van der Waals surface area contributed by atoms with Gasteiger partial charge in [0.2, 0.25) is 0 Å². The van der Waals surface area contributed by atoms with Gasteiger partial charge in [-0.1, -0.05) is 28.1 Å². The molecule has 1 aliphatic heterocycles. The normalized spacial score (nSPS) is 19.2. The quantitative estimate of drug-likeness (QED) is 0.876. The third-order valence-electron chi connectivity index (χ3n) is 3.53. The van der Waals surface area contributed by atoms with E-state index >= 15 is 0 Å². The molecule has 2 heterocycles. The average molecular weight is 336 g/mol. The van der Waals surface area contributed by atoms with Crippen LogP contribution in [0.4, 0.5) is 5.82 Å². The number of halogens is 1. The van der Waals surface area contributed by atoms with Crippen molar-refractivity contribution in [3.05, 3.63) is 34.9 Å². The molecule has 0 amide bonds. The Kier molecular flexibility index (Phi) is 3.58. The van der Waals surface area contributed by atoms with Crippen LogP contribution in [-0.2, 0) is 4.79 Å². The van der Waals surface area contributed by atoms with Crippen LogP contribution in [0.1, 0.15) is 0 Å². The summed E-state index contributed by atoms with van der Waals surface area (Å²) in [7, 11) is 0. The smallest absolute Gasteiger partial charge is 0.327 e. The summed E-state index contributed by atoms with van der Waals surface area (Å²) in [6.45, 7) is 1.83. The second-order valence-corrected chi connectivity index (χ2v) is 5.58. The van der Waals surface area contributed by atoms with Crippen molar-refractivity contribution in [3.63, 3.8) is 0 Å². The zero-order chi connectivity index (χ0) is 14.1. The first-order valence-electron chi connectivity index (χ1n) is 6.42. The number of anilines is 1. The van der Waals surface area contributed by atoms with E-state index in [1.165, 1.54) is 0 Å². The van der Waals surface area contributed by atoms with Crippen LogP contribution in [-0.4, -0.2) is 41.7 Å². The predicted molar refractivity (Wildman–Crippen MR) is 81.1 cm³/mol. The largest absolute Gasteiger partial charge is 0.480 e. The molecule has 3 rings (SSSR count). The van der Waals surface area contributed by atoms with Crippen LogP contribution < -0.4 is 10.2 Å². The average Bonchev–Trinajstić information content (AvgIpc) is 2.47. The highest BCUT2D eigenvalue weighted by Gasteiger charge is 2.30. The summed E-state index contributed by atoms with van der Waals surface area (Å²) in [5.74, 6) is -0.0938. The highest BCUT2D eigenvalue weighted by atomic mass is 79.9. The van der Waals surface area contributed by atoms with Gasteiger partial charge in [0.1, 0.15) is 11.9 Å². The summed E-state index contributed by atoms with van der Waals surface area (Å²) < 4.78 is 0.987. The van der Waals surface area contributed by atoms with Gasteiger partial charge in [-0.2, -0.15) is 0 Å². The van der Waals surface area contributed by atoms with Crippen molar-refractivity contribution >= 4 is 38.5 Å². The maximum Gasteiger partial charge on any atom is 0.327 e. The zero-order valence-corrected chi connectivity index (χ0v) is 12.3. The number of pyridine rings is 1. The highest BCUT2D eigenvalue weighted by Crippen LogP contribution is 2.30. The number of carboxylic acid groups (broad SMARTS) is 1. The molecule has 5 nitrogen and oxygen atoms in total. The number of fused-ring (bicyclic) bond motifs is 1. The number of rotatable bonds is 2. The minimum absolute atomic E-state index is 0.432. The van der Waals surface area contributed by atoms with Gasteiger partial charge in [0.25, 0.3) is 0 Å². The molecule has 0 radical (unpaired) electrons. The Balaban J connectivity index is 2.13. The van der Waals surface area contributed by atoms with Gasteiger partial charge in [-0.05, 0) is 12.1 Å². The van der Waals surface area contributed by atoms with E-state index in [0.29, 0.717) is 13.1 Å². The van der Waals surface area contributed by atoms with E-state index in [1.54, 1.807) is 6.20 Å². The third-order valence-corrected chi connectivity index (χ3v) is 4.22. The van der Waals surface area contributed by atoms with Gasteiger partial charge >= 0.3 is 5.97 Å². The van der Waals surface area contributed by atoms with E-state index in [4.69, 9.17) is 0 Å². The first-order chi connectivity index (χ1) is 9.68. The molecule has 0 spiro atoms. The lowest BCUT2D eigenvalue weighted by Crippen LogP contribution is -2.55. The van der Waals surface area contributed by atoms with E-state index in [2.05, 4.69) is 26.2 Å². The van der Waals surface area contributed by atoms with Crippen molar-refractivity contribution in [2.24, 2.45) is 0 Å². The van der Waals surface area contributed by atoms with Crippen LogP contribution in [0, 0.1) is 0 Å². The molecule has 1 aromatic heterocycles. The number of nitrogens with zero attached hydrogens (tertiary/aromatic N) is 2. The monoisotopic (exact) mass is 335 g/mol. The van der Waals surface area contributed by atoms with Crippen molar-refractivity contribution in [2.45, 2.75) is 6.04 Å². The van der Waals surface area contributed by atoms with E-state index in [1.807, 2.05) is 29.2 Å². The number of nitrogens with one attached hydrogen (secondary N) is 1. The number of piperazine rings is 1. The topological polar surface area (TPSA) is 65.5 Å². The van der Waals surface area contributed by atoms with Crippen LogP contribution >= 0.6 is 15.9 Å². The molecular weight excluding hydrogens is 322 g/mol.